The molecular weight excluding hydrogens is 168 g/mol. The van der Waals surface area contributed by atoms with Crippen molar-refractivity contribution in [3.8, 4) is 0 Å². The molecule has 1 aliphatic heterocycles. The molecule has 1 aliphatic rings. The summed E-state index contributed by atoms with van der Waals surface area (Å²) >= 11 is 0. The fraction of sp³-hybridized carbons (Fsp3) is 0.500. The second kappa shape index (κ2) is 3.68. The summed E-state index contributed by atoms with van der Waals surface area (Å²) in [6.07, 6.45) is 1.52. The molecule has 3 N–H and O–H groups in total. The van der Waals surface area contributed by atoms with Crippen molar-refractivity contribution in [3.63, 3.8) is 0 Å². The average Bonchev–Trinajstić information content (AvgIpc) is 2.12. The third-order valence-electron chi connectivity index (χ3n) is 1.92. The minimum atomic E-state index is 0.389. The quantitative estimate of drug-likeness (QED) is 0.670. The molecule has 2 rings (SSSR count). The molecule has 1 fully saturated rings. The van der Waals surface area contributed by atoms with Crippen LogP contribution in [0.2, 0.25) is 0 Å². The van der Waals surface area contributed by atoms with E-state index in [9.17, 15) is 0 Å². The molecule has 5 nitrogen and oxygen atoms in total. The Kier molecular flexibility index (Phi) is 2.37. The maximum atomic E-state index is 5.45. The molecule has 0 unspecified atom stereocenters. The molecule has 2 heterocycles. The standard InChI is InChI=1S/C8H12N4O/c9-2-6-1-8(11-5-10-6)12-7-3-13-4-7/h1,5,7H,2-4,9H2,(H,10,11,12). The number of nitrogens with zero attached hydrogens (tertiary/aromatic N) is 2. The van der Waals surface area contributed by atoms with E-state index in [1.807, 2.05) is 6.07 Å². The second-order valence-electron chi connectivity index (χ2n) is 2.98. The lowest BCUT2D eigenvalue weighted by atomic mass is 10.2. The summed E-state index contributed by atoms with van der Waals surface area (Å²) in [5.74, 6) is 0.823. The monoisotopic (exact) mass is 180 g/mol. The van der Waals surface area contributed by atoms with Crippen molar-refractivity contribution in [2.45, 2.75) is 12.6 Å². The van der Waals surface area contributed by atoms with Gasteiger partial charge in [-0.25, -0.2) is 9.97 Å². The van der Waals surface area contributed by atoms with E-state index in [2.05, 4.69) is 15.3 Å². The van der Waals surface area contributed by atoms with E-state index in [1.54, 1.807) is 0 Å². The smallest absolute Gasteiger partial charge is 0.130 e. The fourth-order valence-corrected chi connectivity index (χ4v) is 1.12. The number of nitrogens with two attached hydrogens (primary N) is 1. The minimum absolute atomic E-state index is 0.389. The zero-order valence-corrected chi connectivity index (χ0v) is 7.23. The lowest BCUT2D eigenvalue weighted by molar-refractivity contribution is 0.0209. The number of hydrogen-bond acceptors (Lipinski definition) is 5. The Hall–Kier alpha value is -1.20. The number of ether oxygens (including phenoxy) is 1. The van der Waals surface area contributed by atoms with Crippen LogP contribution < -0.4 is 11.1 Å². The molecule has 0 saturated carbocycles. The van der Waals surface area contributed by atoms with Crippen LogP contribution in [-0.2, 0) is 11.3 Å². The predicted molar refractivity (Wildman–Crippen MR) is 48.2 cm³/mol. The molecule has 5 heteroatoms. The van der Waals surface area contributed by atoms with E-state index in [4.69, 9.17) is 10.5 Å². The molecule has 0 amide bonds. The van der Waals surface area contributed by atoms with E-state index in [1.165, 1.54) is 6.33 Å². The van der Waals surface area contributed by atoms with Crippen molar-refractivity contribution in [2.75, 3.05) is 18.5 Å². The molecule has 0 aromatic carbocycles. The Bertz CT molecular complexity index is 287. The van der Waals surface area contributed by atoms with Crippen molar-refractivity contribution < 1.29 is 4.74 Å². The van der Waals surface area contributed by atoms with Gasteiger partial charge in [0.15, 0.2) is 0 Å². The van der Waals surface area contributed by atoms with Crippen molar-refractivity contribution >= 4 is 5.82 Å². The molecule has 13 heavy (non-hydrogen) atoms. The molecule has 0 atom stereocenters. The Labute approximate surface area is 76.3 Å². The topological polar surface area (TPSA) is 73.1 Å². The fourth-order valence-electron chi connectivity index (χ4n) is 1.12. The van der Waals surface area contributed by atoms with Crippen LogP contribution in [0.3, 0.4) is 0 Å². The average molecular weight is 180 g/mol. The van der Waals surface area contributed by atoms with Gasteiger partial charge in [-0.3, -0.25) is 0 Å². The maximum Gasteiger partial charge on any atom is 0.130 e. The van der Waals surface area contributed by atoms with Crippen molar-refractivity contribution in [1.82, 2.24) is 9.97 Å². The lowest BCUT2D eigenvalue weighted by Gasteiger charge is -2.27. The molecule has 70 valence electrons. The summed E-state index contributed by atoms with van der Waals surface area (Å²) in [5.41, 5.74) is 6.30. The number of aromatic nitrogens is 2. The van der Waals surface area contributed by atoms with E-state index < -0.39 is 0 Å². The zero-order valence-electron chi connectivity index (χ0n) is 7.23. The highest BCUT2D eigenvalue weighted by Crippen LogP contribution is 2.09. The SMILES string of the molecule is NCc1cc(NC2COC2)ncn1. The first kappa shape index (κ1) is 8.40. The second-order valence-corrected chi connectivity index (χ2v) is 2.98. The summed E-state index contributed by atoms with van der Waals surface area (Å²) in [6, 6.07) is 2.25. The lowest BCUT2D eigenvalue weighted by Crippen LogP contribution is -2.40. The van der Waals surface area contributed by atoms with Gasteiger partial charge in [-0.2, -0.15) is 0 Å². The summed E-state index contributed by atoms with van der Waals surface area (Å²) in [6.45, 7) is 1.95. The third-order valence-corrected chi connectivity index (χ3v) is 1.92. The van der Waals surface area contributed by atoms with Crippen LogP contribution in [0.25, 0.3) is 0 Å². The van der Waals surface area contributed by atoms with Gasteiger partial charge in [-0.15, -0.1) is 0 Å². The molecular formula is C8H12N4O. The number of rotatable bonds is 3. The summed E-state index contributed by atoms with van der Waals surface area (Å²) in [5, 5.41) is 3.22. The highest BCUT2D eigenvalue weighted by atomic mass is 16.5. The van der Waals surface area contributed by atoms with Crippen LogP contribution >= 0.6 is 0 Å². The predicted octanol–water partition coefficient (Wildman–Crippen LogP) is -0.254. The number of anilines is 1. The molecule has 1 saturated heterocycles. The first-order valence-electron chi connectivity index (χ1n) is 4.24. The van der Waals surface area contributed by atoms with Crippen molar-refractivity contribution in [1.29, 1.82) is 0 Å². The van der Waals surface area contributed by atoms with Crippen molar-refractivity contribution in [2.24, 2.45) is 5.73 Å². The first-order chi connectivity index (χ1) is 6.38. The van der Waals surface area contributed by atoms with Gasteiger partial charge in [0, 0.05) is 12.6 Å². The molecule has 0 bridgehead atoms. The maximum absolute atomic E-state index is 5.45. The van der Waals surface area contributed by atoms with Crippen LogP contribution in [0.5, 0.6) is 0 Å². The Morgan fingerprint density at radius 3 is 3.00 bits per heavy atom. The molecule has 1 aromatic rings. The summed E-state index contributed by atoms with van der Waals surface area (Å²) < 4.78 is 5.03. The van der Waals surface area contributed by atoms with Crippen LogP contribution in [0.1, 0.15) is 5.69 Å². The minimum Gasteiger partial charge on any atom is -0.377 e. The van der Waals surface area contributed by atoms with Gasteiger partial charge in [0.05, 0.1) is 24.9 Å². The normalized spacial score (nSPS) is 16.7. The van der Waals surface area contributed by atoms with Crippen LogP contribution in [0.15, 0.2) is 12.4 Å². The highest BCUT2D eigenvalue weighted by Gasteiger charge is 2.18. The van der Waals surface area contributed by atoms with Gasteiger partial charge in [-0.05, 0) is 0 Å². The Morgan fingerprint density at radius 1 is 1.54 bits per heavy atom. The first-order valence-corrected chi connectivity index (χ1v) is 4.24. The zero-order chi connectivity index (χ0) is 9.10. The van der Waals surface area contributed by atoms with E-state index >= 15 is 0 Å². The van der Waals surface area contributed by atoms with Gasteiger partial charge in [0.25, 0.3) is 0 Å². The van der Waals surface area contributed by atoms with E-state index in [-0.39, 0.29) is 0 Å². The van der Waals surface area contributed by atoms with Gasteiger partial charge in [0.1, 0.15) is 12.1 Å². The van der Waals surface area contributed by atoms with Gasteiger partial charge >= 0.3 is 0 Å². The number of nitrogens with one attached hydrogen (secondary N) is 1. The molecule has 0 radical (unpaired) electrons. The largest absolute Gasteiger partial charge is 0.377 e. The van der Waals surface area contributed by atoms with Gasteiger partial charge in [0.2, 0.25) is 0 Å². The van der Waals surface area contributed by atoms with Gasteiger partial charge < -0.3 is 15.8 Å². The Balaban J connectivity index is 2.01. The van der Waals surface area contributed by atoms with Crippen LogP contribution in [0, 0.1) is 0 Å². The summed E-state index contributed by atoms with van der Waals surface area (Å²) in [7, 11) is 0. The number of hydrogen-bond donors (Lipinski definition) is 2. The highest BCUT2D eigenvalue weighted by molar-refractivity contribution is 5.36. The van der Waals surface area contributed by atoms with E-state index in [0.29, 0.717) is 12.6 Å². The third kappa shape index (κ3) is 1.93. The van der Waals surface area contributed by atoms with Crippen LogP contribution in [-0.4, -0.2) is 29.2 Å². The van der Waals surface area contributed by atoms with Gasteiger partial charge in [-0.1, -0.05) is 0 Å². The molecule has 0 spiro atoms. The van der Waals surface area contributed by atoms with Crippen molar-refractivity contribution in [3.05, 3.63) is 18.1 Å². The molecule has 1 aromatic heterocycles. The Morgan fingerprint density at radius 2 is 2.38 bits per heavy atom. The summed E-state index contributed by atoms with van der Waals surface area (Å²) in [4.78, 5) is 8.08. The molecule has 0 aliphatic carbocycles. The van der Waals surface area contributed by atoms with Crippen LogP contribution in [0.4, 0.5) is 5.82 Å². The van der Waals surface area contributed by atoms with E-state index in [0.717, 1.165) is 24.7 Å².